The van der Waals surface area contributed by atoms with E-state index in [4.69, 9.17) is 0 Å². The van der Waals surface area contributed by atoms with E-state index in [9.17, 15) is 19.4 Å². The van der Waals surface area contributed by atoms with Crippen molar-refractivity contribution in [3.63, 3.8) is 0 Å². The summed E-state index contributed by atoms with van der Waals surface area (Å²) in [4.78, 5) is 21.6. The molecular formula is C25H19FN4O3. The summed E-state index contributed by atoms with van der Waals surface area (Å²) in [6.45, 7) is 0.486. The fourth-order valence-electron chi connectivity index (χ4n) is 3.95. The van der Waals surface area contributed by atoms with Crippen molar-refractivity contribution < 1.29 is 19.4 Å². The smallest absolute Gasteiger partial charge is 0.252 e. The molecule has 8 heteroatoms. The van der Waals surface area contributed by atoms with E-state index in [1.165, 1.54) is 22.9 Å². The van der Waals surface area contributed by atoms with Gasteiger partial charge in [-0.25, -0.2) is 4.39 Å². The van der Waals surface area contributed by atoms with E-state index in [2.05, 4.69) is 15.3 Å². The first-order chi connectivity index (χ1) is 16.0. The maximum absolute atomic E-state index is 13.3. The molecule has 5 rings (SSSR count). The van der Waals surface area contributed by atoms with E-state index in [1.807, 2.05) is 6.07 Å². The van der Waals surface area contributed by atoms with Crippen LogP contribution in [-0.4, -0.2) is 30.7 Å². The number of carbonyl (C=O) groups excluding carboxylic acids is 1. The lowest BCUT2D eigenvalue weighted by molar-refractivity contribution is 0.0954. The zero-order valence-corrected chi connectivity index (χ0v) is 17.4. The van der Waals surface area contributed by atoms with Crippen LogP contribution in [0.4, 0.5) is 4.39 Å². The van der Waals surface area contributed by atoms with E-state index < -0.39 is 0 Å². The highest BCUT2D eigenvalue weighted by atomic mass is 19.1. The van der Waals surface area contributed by atoms with Crippen molar-refractivity contribution >= 4 is 27.6 Å². The number of pyridine rings is 2. The summed E-state index contributed by atoms with van der Waals surface area (Å²) in [5, 5.41) is 25.7. The standard InChI is InChI=1S/C25H19FN4O3/c26-17-7-5-15(6-8-17)13-30-14-19-20(24(32)29-12-16-3-1-9-27-11-16)18-4-2-10-28-22(18)23(31)21(19)25(30)33/h1-11,14,31,33H,12-13H2,(H,29,32). The van der Waals surface area contributed by atoms with Gasteiger partial charge >= 0.3 is 0 Å². The van der Waals surface area contributed by atoms with Crippen LogP contribution in [0.1, 0.15) is 21.5 Å². The van der Waals surface area contributed by atoms with Gasteiger partial charge in [-0.1, -0.05) is 24.3 Å². The number of hydrogen-bond donors (Lipinski definition) is 3. The number of benzene rings is 2. The number of aromatic hydroxyl groups is 2. The normalized spacial score (nSPS) is 11.2. The first kappa shape index (κ1) is 20.4. The van der Waals surface area contributed by atoms with Gasteiger partial charge in [-0.3, -0.25) is 14.8 Å². The number of halogens is 1. The molecule has 1 amide bonds. The van der Waals surface area contributed by atoms with E-state index >= 15 is 0 Å². The minimum atomic E-state index is -0.374. The Bertz CT molecular complexity index is 1480. The van der Waals surface area contributed by atoms with Crippen LogP contribution in [0, 0.1) is 5.82 Å². The Morgan fingerprint density at radius 3 is 2.55 bits per heavy atom. The largest absolute Gasteiger partial charge is 0.505 e. The highest BCUT2D eigenvalue weighted by Gasteiger charge is 2.24. The SMILES string of the molecule is O=C(NCc1cccnc1)c1c2cccnc2c(O)c2c(O)n(Cc3ccc(F)cc3)cc12. The van der Waals surface area contributed by atoms with Gasteiger partial charge in [0.25, 0.3) is 5.91 Å². The van der Waals surface area contributed by atoms with Gasteiger partial charge < -0.3 is 20.1 Å². The second kappa shape index (κ2) is 8.23. The van der Waals surface area contributed by atoms with Gasteiger partial charge in [-0.15, -0.1) is 0 Å². The van der Waals surface area contributed by atoms with Crippen molar-refractivity contribution in [3.05, 3.63) is 95.8 Å². The molecule has 0 saturated carbocycles. The second-order valence-corrected chi connectivity index (χ2v) is 7.66. The second-order valence-electron chi connectivity index (χ2n) is 7.66. The molecule has 3 N–H and O–H groups in total. The molecule has 0 spiro atoms. The molecule has 3 aromatic heterocycles. The van der Waals surface area contributed by atoms with Gasteiger partial charge in [0.15, 0.2) is 5.75 Å². The lowest BCUT2D eigenvalue weighted by Gasteiger charge is -2.11. The lowest BCUT2D eigenvalue weighted by atomic mass is 10.0. The number of carbonyl (C=O) groups is 1. The molecule has 0 aliphatic heterocycles. The molecule has 0 fully saturated rings. The Hall–Kier alpha value is -4.46. The number of amides is 1. The van der Waals surface area contributed by atoms with Crippen LogP contribution in [0.25, 0.3) is 21.7 Å². The van der Waals surface area contributed by atoms with Gasteiger partial charge in [0.2, 0.25) is 5.88 Å². The summed E-state index contributed by atoms with van der Waals surface area (Å²) in [7, 11) is 0. The molecule has 2 aromatic carbocycles. The summed E-state index contributed by atoms with van der Waals surface area (Å²) in [6.07, 6.45) is 6.44. The van der Waals surface area contributed by atoms with Crippen molar-refractivity contribution in [2.45, 2.75) is 13.1 Å². The van der Waals surface area contributed by atoms with Crippen molar-refractivity contribution in [2.75, 3.05) is 0 Å². The third-order valence-corrected chi connectivity index (χ3v) is 5.53. The summed E-state index contributed by atoms with van der Waals surface area (Å²) in [5.74, 6) is -1.15. The summed E-state index contributed by atoms with van der Waals surface area (Å²) < 4.78 is 14.8. The fraction of sp³-hybridized carbons (Fsp3) is 0.0800. The van der Waals surface area contributed by atoms with E-state index in [1.54, 1.807) is 48.9 Å². The maximum Gasteiger partial charge on any atom is 0.252 e. The molecule has 7 nitrogen and oxygen atoms in total. The Morgan fingerprint density at radius 1 is 1.00 bits per heavy atom. The van der Waals surface area contributed by atoms with Gasteiger partial charge in [-0.05, 0) is 35.4 Å². The topological polar surface area (TPSA) is 100 Å². The number of phenolic OH excluding ortho intramolecular Hbond substituents is 1. The van der Waals surface area contributed by atoms with E-state index in [0.717, 1.165) is 11.1 Å². The fourth-order valence-corrected chi connectivity index (χ4v) is 3.95. The van der Waals surface area contributed by atoms with Gasteiger partial charge in [0.1, 0.15) is 11.3 Å². The molecule has 0 radical (unpaired) electrons. The minimum Gasteiger partial charge on any atom is -0.505 e. The van der Waals surface area contributed by atoms with Crippen LogP contribution >= 0.6 is 0 Å². The molecule has 3 heterocycles. The molecule has 0 atom stereocenters. The summed E-state index contributed by atoms with van der Waals surface area (Å²) in [6, 6.07) is 12.9. The molecule has 164 valence electrons. The average Bonchev–Trinajstić information content (AvgIpc) is 3.15. The Morgan fingerprint density at radius 2 is 1.79 bits per heavy atom. The average molecular weight is 442 g/mol. The number of fused-ring (bicyclic) bond motifs is 2. The maximum atomic E-state index is 13.3. The van der Waals surface area contributed by atoms with E-state index in [-0.39, 0.29) is 47.3 Å². The predicted octanol–water partition coefficient (Wildman–Crippen LogP) is 4.11. The Balaban J connectivity index is 1.63. The zero-order chi connectivity index (χ0) is 22.9. The quantitative estimate of drug-likeness (QED) is 0.380. The molecule has 5 aromatic rings. The van der Waals surface area contributed by atoms with Crippen molar-refractivity contribution in [2.24, 2.45) is 0 Å². The molecule has 0 aliphatic rings. The van der Waals surface area contributed by atoms with Crippen LogP contribution < -0.4 is 5.32 Å². The summed E-state index contributed by atoms with van der Waals surface area (Å²) >= 11 is 0. The molecule has 0 bridgehead atoms. The van der Waals surface area contributed by atoms with Gasteiger partial charge in [0.05, 0.1) is 17.5 Å². The van der Waals surface area contributed by atoms with E-state index in [0.29, 0.717) is 16.3 Å². The molecule has 0 unspecified atom stereocenters. The first-order valence-corrected chi connectivity index (χ1v) is 10.3. The molecular weight excluding hydrogens is 423 g/mol. The van der Waals surface area contributed by atoms with Crippen LogP contribution in [0.3, 0.4) is 0 Å². The highest BCUT2D eigenvalue weighted by Crippen LogP contribution is 2.42. The van der Waals surface area contributed by atoms with Crippen LogP contribution in [0.15, 0.2) is 73.3 Å². The third kappa shape index (κ3) is 3.71. The van der Waals surface area contributed by atoms with Crippen LogP contribution in [0.5, 0.6) is 11.6 Å². The third-order valence-electron chi connectivity index (χ3n) is 5.53. The molecule has 33 heavy (non-hydrogen) atoms. The molecule has 0 aliphatic carbocycles. The first-order valence-electron chi connectivity index (χ1n) is 10.3. The van der Waals surface area contributed by atoms with Crippen molar-refractivity contribution in [3.8, 4) is 11.6 Å². The molecule has 0 saturated heterocycles. The summed E-state index contributed by atoms with van der Waals surface area (Å²) in [5.41, 5.74) is 2.09. The van der Waals surface area contributed by atoms with Crippen LogP contribution in [-0.2, 0) is 13.1 Å². The zero-order valence-electron chi connectivity index (χ0n) is 17.4. The number of rotatable bonds is 5. The van der Waals surface area contributed by atoms with Crippen LogP contribution in [0.2, 0.25) is 0 Å². The Kier molecular flexibility index (Phi) is 5.10. The number of phenols is 1. The minimum absolute atomic E-state index is 0.134. The predicted molar refractivity (Wildman–Crippen MR) is 121 cm³/mol. The van der Waals surface area contributed by atoms with Gasteiger partial charge in [-0.2, -0.15) is 0 Å². The van der Waals surface area contributed by atoms with Crippen molar-refractivity contribution in [1.82, 2.24) is 19.9 Å². The number of nitrogens with one attached hydrogen (secondary N) is 1. The lowest BCUT2D eigenvalue weighted by Crippen LogP contribution is -2.23. The van der Waals surface area contributed by atoms with Crippen molar-refractivity contribution in [1.29, 1.82) is 0 Å². The highest BCUT2D eigenvalue weighted by molar-refractivity contribution is 6.21. The number of hydrogen-bond acceptors (Lipinski definition) is 5. The van der Waals surface area contributed by atoms with Gasteiger partial charge in [0, 0.05) is 42.1 Å². The Labute approximate surface area is 187 Å². The monoisotopic (exact) mass is 442 g/mol. The number of aromatic nitrogens is 3. The number of nitrogens with zero attached hydrogens (tertiary/aromatic N) is 3.